The van der Waals surface area contributed by atoms with Crippen molar-refractivity contribution in [1.82, 2.24) is 14.9 Å². The molecule has 0 spiro atoms. The van der Waals surface area contributed by atoms with Crippen molar-refractivity contribution in [2.24, 2.45) is 5.84 Å². The van der Waals surface area contributed by atoms with Crippen molar-refractivity contribution >= 4 is 11.6 Å². The Kier molecular flexibility index (Phi) is 4.45. The molecule has 0 amide bonds. The Balaban J connectivity index is 2.33. The minimum Gasteiger partial charge on any atom is -0.355 e. The molecule has 0 bridgehead atoms. The van der Waals surface area contributed by atoms with Gasteiger partial charge in [0, 0.05) is 30.6 Å². The standard InChI is InChI=1S/C14H26N6/c1-9(2)12-16-13(18-15)10(3)14(17-12)20-7-6-11(8-20)19(4)5/h9,11H,6-8,15H2,1-5H3,(H,16,17,18). The van der Waals surface area contributed by atoms with Crippen LogP contribution in [-0.4, -0.2) is 48.1 Å². The molecule has 1 atom stereocenters. The van der Waals surface area contributed by atoms with E-state index in [0.717, 1.165) is 36.1 Å². The topological polar surface area (TPSA) is 70.3 Å². The summed E-state index contributed by atoms with van der Waals surface area (Å²) < 4.78 is 0. The largest absolute Gasteiger partial charge is 0.355 e. The second-order valence-corrected chi connectivity index (χ2v) is 6.03. The van der Waals surface area contributed by atoms with Gasteiger partial charge in [0.2, 0.25) is 0 Å². The van der Waals surface area contributed by atoms with Gasteiger partial charge in [0.1, 0.15) is 17.5 Å². The normalized spacial score (nSPS) is 19.2. The zero-order chi connectivity index (χ0) is 14.9. The van der Waals surface area contributed by atoms with E-state index in [1.165, 1.54) is 6.42 Å². The van der Waals surface area contributed by atoms with E-state index in [-0.39, 0.29) is 5.92 Å². The first kappa shape index (κ1) is 15.0. The maximum absolute atomic E-state index is 5.60. The molecule has 6 nitrogen and oxygen atoms in total. The molecule has 1 aromatic heterocycles. The predicted molar refractivity (Wildman–Crippen MR) is 83.0 cm³/mol. The number of anilines is 2. The van der Waals surface area contributed by atoms with Gasteiger partial charge in [-0.25, -0.2) is 15.8 Å². The van der Waals surface area contributed by atoms with Crippen LogP contribution in [0.5, 0.6) is 0 Å². The summed E-state index contributed by atoms with van der Waals surface area (Å²) in [7, 11) is 4.26. The lowest BCUT2D eigenvalue weighted by molar-refractivity contribution is 0.315. The van der Waals surface area contributed by atoms with Gasteiger partial charge in [0.15, 0.2) is 0 Å². The number of nitrogens with two attached hydrogens (primary N) is 1. The van der Waals surface area contributed by atoms with Crippen LogP contribution < -0.4 is 16.2 Å². The van der Waals surface area contributed by atoms with Gasteiger partial charge in [-0.3, -0.25) is 0 Å². The summed E-state index contributed by atoms with van der Waals surface area (Å²) >= 11 is 0. The third-order valence-electron chi connectivity index (χ3n) is 3.98. The highest BCUT2D eigenvalue weighted by Crippen LogP contribution is 2.28. The van der Waals surface area contributed by atoms with Crippen LogP contribution >= 0.6 is 0 Å². The number of rotatable bonds is 4. The lowest BCUT2D eigenvalue weighted by atomic mass is 10.2. The van der Waals surface area contributed by atoms with Crippen LogP contribution in [0.2, 0.25) is 0 Å². The monoisotopic (exact) mass is 278 g/mol. The Labute approximate surface area is 121 Å². The lowest BCUT2D eigenvalue weighted by Crippen LogP contribution is -2.32. The van der Waals surface area contributed by atoms with Crippen molar-refractivity contribution < 1.29 is 0 Å². The van der Waals surface area contributed by atoms with Crippen LogP contribution in [-0.2, 0) is 0 Å². The number of hydrazine groups is 1. The van der Waals surface area contributed by atoms with E-state index in [2.05, 4.69) is 48.2 Å². The van der Waals surface area contributed by atoms with Gasteiger partial charge in [0.25, 0.3) is 0 Å². The molecule has 6 heteroatoms. The number of hydrogen-bond acceptors (Lipinski definition) is 6. The Morgan fingerprint density at radius 2 is 2.05 bits per heavy atom. The molecule has 2 rings (SSSR count). The van der Waals surface area contributed by atoms with Crippen LogP contribution in [0.3, 0.4) is 0 Å². The number of nitrogens with one attached hydrogen (secondary N) is 1. The van der Waals surface area contributed by atoms with E-state index in [1.807, 2.05) is 6.92 Å². The van der Waals surface area contributed by atoms with Crippen LogP contribution in [0, 0.1) is 6.92 Å². The van der Waals surface area contributed by atoms with E-state index < -0.39 is 0 Å². The Morgan fingerprint density at radius 3 is 2.55 bits per heavy atom. The lowest BCUT2D eigenvalue weighted by Gasteiger charge is -2.24. The molecule has 1 saturated heterocycles. The molecule has 1 aromatic rings. The maximum atomic E-state index is 5.60. The number of likely N-dealkylation sites (N-methyl/N-ethyl adjacent to an activating group) is 1. The van der Waals surface area contributed by atoms with Crippen molar-refractivity contribution in [2.75, 3.05) is 37.5 Å². The number of hydrogen-bond donors (Lipinski definition) is 2. The quantitative estimate of drug-likeness (QED) is 0.640. The van der Waals surface area contributed by atoms with Crippen LogP contribution in [0.15, 0.2) is 0 Å². The van der Waals surface area contributed by atoms with E-state index in [4.69, 9.17) is 10.8 Å². The summed E-state index contributed by atoms with van der Waals surface area (Å²) in [6.45, 7) is 8.26. The summed E-state index contributed by atoms with van der Waals surface area (Å²) in [4.78, 5) is 13.9. The molecule has 2 heterocycles. The minimum absolute atomic E-state index is 0.286. The first-order valence-electron chi connectivity index (χ1n) is 7.20. The van der Waals surface area contributed by atoms with Gasteiger partial charge in [-0.2, -0.15) is 0 Å². The second kappa shape index (κ2) is 5.93. The first-order chi connectivity index (χ1) is 9.43. The van der Waals surface area contributed by atoms with E-state index in [9.17, 15) is 0 Å². The molecule has 1 aliphatic heterocycles. The fourth-order valence-electron chi connectivity index (χ4n) is 2.58. The minimum atomic E-state index is 0.286. The Bertz CT molecular complexity index is 471. The van der Waals surface area contributed by atoms with Crippen molar-refractivity contribution in [3.63, 3.8) is 0 Å². The molecular weight excluding hydrogens is 252 g/mol. The van der Waals surface area contributed by atoms with Gasteiger partial charge in [-0.15, -0.1) is 0 Å². The van der Waals surface area contributed by atoms with Gasteiger partial charge in [-0.05, 0) is 27.4 Å². The van der Waals surface area contributed by atoms with Crippen molar-refractivity contribution in [3.05, 3.63) is 11.4 Å². The maximum Gasteiger partial charge on any atom is 0.148 e. The number of aromatic nitrogens is 2. The summed E-state index contributed by atoms with van der Waals surface area (Å²) in [6, 6.07) is 0.584. The summed E-state index contributed by atoms with van der Waals surface area (Å²) in [6.07, 6.45) is 1.17. The van der Waals surface area contributed by atoms with Crippen molar-refractivity contribution in [3.8, 4) is 0 Å². The molecular formula is C14H26N6. The highest BCUT2D eigenvalue weighted by Gasteiger charge is 2.27. The zero-order valence-electron chi connectivity index (χ0n) is 13.1. The molecule has 0 aromatic carbocycles. The van der Waals surface area contributed by atoms with Crippen LogP contribution in [0.25, 0.3) is 0 Å². The zero-order valence-corrected chi connectivity index (χ0v) is 13.1. The van der Waals surface area contributed by atoms with Gasteiger partial charge >= 0.3 is 0 Å². The van der Waals surface area contributed by atoms with Crippen molar-refractivity contribution in [2.45, 2.75) is 39.2 Å². The van der Waals surface area contributed by atoms with E-state index >= 15 is 0 Å². The van der Waals surface area contributed by atoms with Crippen LogP contribution in [0.1, 0.15) is 37.6 Å². The second-order valence-electron chi connectivity index (χ2n) is 6.03. The highest BCUT2D eigenvalue weighted by atomic mass is 15.3. The van der Waals surface area contributed by atoms with Crippen molar-refractivity contribution in [1.29, 1.82) is 0 Å². The Morgan fingerprint density at radius 1 is 1.35 bits per heavy atom. The summed E-state index contributed by atoms with van der Waals surface area (Å²) in [5, 5.41) is 0. The first-order valence-corrected chi connectivity index (χ1v) is 7.20. The predicted octanol–water partition coefficient (Wildman–Crippen LogP) is 1.33. The fraction of sp³-hybridized carbons (Fsp3) is 0.714. The molecule has 1 aliphatic rings. The molecule has 1 fully saturated rings. The average Bonchev–Trinajstić information content (AvgIpc) is 2.88. The van der Waals surface area contributed by atoms with E-state index in [1.54, 1.807) is 0 Å². The van der Waals surface area contributed by atoms with Gasteiger partial charge in [0.05, 0.1) is 0 Å². The van der Waals surface area contributed by atoms with Gasteiger partial charge < -0.3 is 15.2 Å². The SMILES string of the molecule is Cc1c(NN)nc(C(C)C)nc1N1CCC(N(C)C)C1. The molecule has 0 aliphatic carbocycles. The highest BCUT2D eigenvalue weighted by molar-refractivity contribution is 5.59. The third-order valence-corrected chi connectivity index (χ3v) is 3.98. The fourth-order valence-corrected chi connectivity index (χ4v) is 2.58. The van der Waals surface area contributed by atoms with Crippen LogP contribution in [0.4, 0.5) is 11.6 Å². The third kappa shape index (κ3) is 2.86. The van der Waals surface area contributed by atoms with E-state index in [0.29, 0.717) is 6.04 Å². The smallest absolute Gasteiger partial charge is 0.148 e. The average molecular weight is 278 g/mol. The molecule has 0 saturated carbocycles. The molecule has 1 unspecified atom stereocenters. The molecule has 112 valence electrons. The Hall–Kier alpha value is -1.40. The number of nitrogen functional groups attached to an aromatic ring is 1. The molecule has 20 heavy (non-hydrogen) atoms. The number of nitrogens with zero attached hydrogens (tertiary/aromatic N) is 4. The van der Waals surface area contributed by atoms with Gasteiger partial charge in [-0.1, -0.05) is 13.8 Å². The molecule has 0 radical (unpaired) electrons. The molecule has 3 N–H and O–H groups in total. The summed E-state index contributed by atoms with van der Waals surface area (Å²) in [5.74, 6) is 8.46. The summed E-state index contributed by atoms with van der Waals surface area (Å²) in [5.41, 5.74) is 3.72.